The number of ether oxygens (including phenoxy) is 1. The van der Waals surface area contributed by atoms with Crippen molar-refractivity contribution in [2.75, 3.05) is 12.8 Å². The van der Waals surface area contributed by atoms with E-state index in [0.29, 0.717) is 0 Å². The Kier molecular flexibility index (Phi) is 6.07. The number of carbonyl (C=O) groups is 2. The number of carbonyl (C=O) groups excluding carboxylic acids is 2. The number of Topliss-reactive ketones (excluding diaryl/α,β-unsaturated/α-hetero) is 1. The standard InChI is InChI=1S/C15H16ClFN4O3/c1-6(8-4-5-9(16)12(18)11(8)17)21-13(15(23)24-3)10(7(2)22)14(19)20/h4-5H,1,18-20H2,2-3H3/b21-13+. The quantitative estimate of drug-likeness (QED) is 0.316. The number of hydrogen-bond acceptors (Lipinski definition) is 7. The molecule has 0 spiro atoms. The van der Waals surface area contributed by atoms with Gasteiger partial charge in [-0.2, -0.15) is 0 Å². The van der Waals surface area contributed by atoms with Gasteiger partial charge in [-0.05, 0) is 19.1 Å². The van der Waals surface area contributed by atoms with E-state index in [1.54, 1.807) is 0 Å². The highest BCUT2D eigenvalue weighted by atomic mass is 35.5. The number of nitrogens with two attached hydrogens (primary N) is 3. The lowest BCUT2D eigenvalue weighted by Gasteiger charge is -2.11. The molecule has 0 saturated heterocycles. The van der Waals surface area contributed by atoms with E-state index in [9.17, 15) is 14.0 Å². The highest BCUT2D eigenvalue weighted by molar-refractivity contribution is 6.50. The third-order valence-corrected chi connectivity index (χ3v) is 3.27. The molecule has 0 saturated carbocycles. The molecule has 0 aromatic heterocycles. The van der Waals surface area contributed by atoms with Gasteiger partial charge in [0.05, 0.1) is 29.1 Å². The normalized spacial score (nSPS) is 10.9. The molecule has 0 aliphatic heterocycles. The smallest absolute Gasteiger partial charge is 0.357 e. The largest absolute Gasteiger partial charge is 0.464 e. The molecule has 0 radical (unpaired) electrons. The van der Waals surface area contributed by atoms with E-state index in [4.69, 9.17) is 28.8 Å². The first kappa shape index (κ1) is 19.2. The molecule has 0 heterocycles. The zero-order valence-electron chi connectivity index (χ0n) is 13.0. The maximum absolute atomic E-state index is 14.2. The van der Waals surface area contributed by atoms with Crippen molar-refractivity contribution in [1.82, 2.24) is 0 Å². The number of anilines is 1. The summed E-state index contributed by atoms with van der Waals surface area (Å²) in [6, 6.07) is 2.62. The van der Waals surface area contributed by atoms with E-state index in [-0.39, 0.29) is 27.5 Å². The van der Waals surface area contributed by atoms with Crippen LogP contribution in [0.5, 0.6) is 0 Å². The average molecular weight is 355 g/mol. The van der Waals surface area contributed by atoms with Gasteiger partial charge < -0.3 is 21.9 Å². The molecule has 0 aliphatic rings. The molecule has 7 nitrogen and oxygen atoms in total. The monoisotopic (exact) mass is 354 g/mol. The van der Waals surface area contributed by atoms with Crippen molar-refractivity contribution in [3.8, 4) is 0 Å². The number of nitrogens with zero attached hydrogens (tertiary/aromatic N) is 1. The molecular formula is C15H16ClFN4O3. The number of aliphatic imine (C=N–C) groups is 1. The summed E-state index contributed by atoms with van der Waals surface area (Å²) in [6.07, 6.45) is 0. The fraction of sp³-hybridized carbons (Fsp3) is 0.133. The Morgan fingerprint density at radius 3 is 2.38 bits per heavy atom. The highest BCUT2D eigenvalue weighted by Crippen LogP contribution is 2.29. The number of halogens is 2. The van der Waals surface area contributed by atoms with Crippen molar-refractivity contribution < 1.29 is 18.7 Å². The van der Waals surface area contributed by atoms with Gasteiger partial charge in [-0.25, -0.2) is 14.2 Å². The molecule has 0 unspecified atom stereocenters. The third-order valence-electron chi connectivity index (χ3n) is 2.94. The second-order valence-corrected chi connectivity index (χ2v) is 5.02. The van der Waals surface area contributed by atoms with Crippen molar-refractivity contribution in [3.05, 3.63) is 46.5 Å². The summed E-state index contributed by atoms with van der Waals surface area (Å²) in [5.41, 5.74) is 14.9. The van der Waals surface area contributed by atoms with Gasteiger partial charge >= 0.3 is 5.97 Å². The summed E-state index contributed by atoms with van der Waals surface area (Å²) in [7, 11) is 1.08. The topological polar surface area (TPSA) is 134 Å². The molecule has 0 amide bonds. The number of hydrogen-bond donors (Lipinski definition) is 3. The summed E-state index contributed by atoms with van der Waals surface area (Å²) in [6.45, 7) is 4.70. The lowest BCUT2D eigenvalue weighted by Crippen LogP contribution is -2.28. The van der Waals surface area contributed by atoms with Gasteiger partial charge in [-0.15, -0.1) is 0 Å². The maximum Gasteiger partial charge on any atom is 0.357 e. The third kappa shape index (κ3) is 3.90. The van der Waals surface area contributed by atoms with Crippen LogP contribution in [0.3, 0.4) is 0 Å². The lowest BCUT2D eigenvalue weighted by molar-refractivity contribution is -0.132. The summed E-state index contributed by atoms with van der Waals surface area (Å²) in [5.74, 6) is -2.91. The number of ketones is 1. The number of rotatable bonds is 5. The summed E-state index contributed by atoms with van der Waals surface area (Å²) < 4.78 is 18.7. The first-order valence-corrected chi connectivity index (χ1v) is 6.85. The molecule has 0 fully saturated rings. The van der Waals surface area contributed by atoms with Crippen molar-refractivity contribution in [1.29, 1.82) is 0 Å². The number of nitrogen functional groups attached to an aromatic ring is 1. The fourth-order valence-electron chi connectivity index (χ4n) is 1.79. The molecule has 0 atom stereocenters. The molecule has 1 rings (SSSR count). The summed E-state index contributed by atoms with van der Waals surface area (Å²) >= 11 is 5.71. The Bertz CT molecular complexity index is 783. The van der Waals surface area contributed by atoms with E-state index < -0.39 is 29.1 Å². The van der Waals surface area contributed by atoms with Gasteiger partial charge in [-0.3, -0.25) is 4.79 Å². The van der Waals surface area contributed by atoms with E-state index in [1.807, 2.05) is 0 Å². The molecule has 6 N–H and O–H groups in total. The molecule has 24 heavy (non-hydrogen) atoms. The van der Waals surface area contributed by atoms with Gasteiger partial charge in [-0.1, -0.05) is 18.2 Å². The van der Waals surface area contributed by atoms with Crippen LogP contribution in [0.1, 0.15) is 12.5 Å². The van der Waals surface area contributed by atoms with E-state index in [1.165, 1.54) is 12.1 Å². The minimum Gasteiger partial charge on any atom is -0.464 e. The van der Waals surface area contributed by atoms with E-state index in [2.05, 4.69) is 16.3 Å². The van der Waals surface area contributed by atoms with Gasteiger partial charge in [0.2, 0.25) is 0 Å². The fourth-order valence-corrected chi connectivity index (χ4v) is 1.94. The van der Waals surface area contributed by atoms with Crippen molar-refractivity contribution in [2.24, 2.45) is 16.5 Å². The van der Waals surface area contributed by atoms with Crippen LogP contribution in [0.15, 0.2) is 35.1 Å². The van der Waals surface area contributed by atoms with Crippen LogP contribution in [0.2, 0.25) is 5.02 Å². The van der Waals surface area contributed by atoms with Crippen LogP contribution in [0.25, 0.3) is 5.70 Å². The van der Waals surface area contributed by atoms with E-state index in [0.717, 1.165) is 14.0 Å². The molecule has 1 aromatic carbocycles. The SMILES string of the molecule is C=C(/N=C(/C(=O)OC)C(C(C)=O)=C(N)N)c1ccc(Cl)c(N)c1F. The Morgan fingerprint density at radius 1 is 1.33 bits per heavy atom. The Morgan fingerprint density at radius 2 is 1.92 bits per heavy atom. The average Bonchev–Trinajstić information content (AvgIpc) is 2.50. The second-order valence-electron chi connectivity index (χ2n) is 4.61. The van der Waals surface area contributed by atoms with Crippen LogP contribution in [0, 0.1) is 5.82 Å². The molecule has 128 valence electrons. The van der Waals surface area contributed by atoms with Gasteiger partial charge in [0.1, 0.15) is 5.82 Å². The van der Waals surface area contributed by atoms with Crippen molar-refractivity contribution in [3.63, 3.8) is 0 Å². The minimum atomic E-state index is -0.989. The van der Waals surface area contributed by atoms with Crippen LogP contribution in [-0.2, 0) is 14.3 Å². The van der Waals surface area contributed by atoms with Crippen LogP contribution in [0.4, 0.5) is 10.1 Å². The molecule has 0 bridgehead atoms. The highest BCUT2D eigenvalue weighted by Gasteiger charge is 2.24. The predicted octanol–water partition coefficient (Wildman–Crippen LogP) is 1.36. The number of methoxy groups -OCH3 is 1. The Labute approximate surface area is 142 Å². The lowest BCUT2D eigenvalue weighted by atomic mass is 10.1. The molecule has 1 aromatic rings. The molecular weight excluding hydrogens is 339 g/mol. The Balaban J connectivity index is 3.53. The van der Waals surface area contributed by atoms with Crippen LogP contribution < -0.4 is 17.2 Å². The van der Waals surface area contributed by atoms with Gasteiger partial charge in [0.25, 0.3) is 0 Å². The summed E-state index contributed by atoms with van der Waals surface area (Å²) in [5, 5.41) is 0.0109. The predicted molar refractivity (Wildman–Crippen MR) is 90.4 cm³/mol. The summed E-state index contributed by atoms with van der Waals surface area (Å²) in [4.78, 5) is 27.4. The van der Waals surface area contributed by atoms with Crippen molar-refractivity contribution in [2.45, 2.75) is 6.92 Å². The first-order chi connectivity index (χ1) is 11.1. The van der Waals surface area contributed by atoms with Crippen molar-refractivity contribution >= 4 is 40.4 Å². The van der Waals surface area contributed by atoms with E-state index >= 15 is 0 Å². The van der Waals surface area contributed by atoms with Gasteiger partial charge in [0.15, 0.2) is 17.3 Å². The second kappa shape index (κ2) is 7.60. The zero-order chi connectivity index (χ0) is 18.6. The maximum atomic E-state index is 14.2. The first-order valence-electron chi connectivity index (χ1n) is 6.48. The molecule has 0 aliphatic carbocycles. The Hall–Kier alpha value is -2.87. The molecule has 9 heteroatoms. The number of benzene rings is 1. The zero-order valence-corrected chi connectivity index (χ0v) is 13.8. The van der Waals surface area contributed by atoms with Gasteiger partial charge in [0, 0.05) is 5.56 Å². The minimum absolute atomic E-state index is 0.0109. The van der Waals surface area contributed by atoms with Crippen LogP contribution in [-0.4, -0.2) is 24.6 Å². The number of esters is 1. The van der Waals surface area contributed by atoms with Crippen LogP contribution >= 0.6 is 11.6 Å².